The van der Waals surface area contributed by atoms with Gasteiger partial charge < -0.3 is 14.6 Å². The predicted octanol–water partition coefficient (Wildman–Crippen LogP) is 5.72. The Bertz CT molecular complexity index is 678. The van der Waals surface area contributed by atoms with Crippen LogP contribution in [0.3, 0.4) is 0 Å². The van der Waals surface area contributed by atoms with Crippen LogP contribution in [0.2, 0.25) is 0 Å². The van der Waals surface area contributed by atoms with E-state index in [0.29, 0.717) is 32.3 Å². The maximum Gasteiger partial charge on any atom is 0.337 e. The molecule has 0 bridgehead atoms. The van der Waals surface area contributed by atoms with E-state index < -0.39 is 11.6 Å². The Morgan fingerprint density at radius 2 is 1.79 bits per heavy atom. The number of methoxy groups -OCH3 is 1. The third-order valence-corrected chi connectivity index (χ3v) is 6.64. The van der Waals surface area contributed by atoms with Gasteiger partial charge in [-0.05, 0) is 51.4 Å². The highest BCUT2D eigenvalue weighted by Gasteiger charge is 2.40. The van der Waals surface area contributed by atoms with E-state index in [0.717, 1.165) is 25.7 Å². The molecule has 1 rings (SSSR count). The van der Waals surface area contributed by atoms with E-state index >= 15 is 0 Å². The fraction of sp³-hybridized carbons (Fsp3) is 0.750. The lowest BCUT2D eigenvalue weighted by Gasteiger charge is -2.20. The molecule has 0 aromatic carbocycles. The summed E-state index contributed by atoms with van der Waals surface area (Å²) in [5, 5.41) is 10.1. The number of ketones is 1. The van der Waals surface area contributed by atoms with Gasteiger partial charge in [0.05, 0.1) is 13.7 Å². The van der Waals surface area contributed by atoms with E-state index in [-0.39, 0.29) is 35.9 Å². The fourth-order valence-electron chi connectivity index (χ4n) is 4.42. The van der Waals surface area contributed by atoms with Gasteiger partial charge >= 0.3 is 11.9 Å². The number of rotatable bonds is 17. The summed E-state index contributed by atoms with van der Waals surface area (Å²) in [4.78, 5) is 36.4. The first-order valence-corrected chi connectivity index (χ1v) is 13.1. The average molecular weight is 479 g/mol. The number of aliphatic hydroxyl groups is 1. The molecule has 0 aliphatic heterocycles. The lowest BCUT2D eigenvalue weighted by molar-refractivity contribution is -0.161. The van der Waals surface area contributed by atoms with Crippen LogP contribution in [0.5, 0.6) is 0 Å². The van der Waals surface area contributed by atoms with Crippen molar-refractivity contribution in [1.29, 1.82) is 0 Å². The minimum Gasteiger partial charge on any atom is -0.467 e. The van der Waals surface area contributed by atoms with Crippen molar-refractivity contribution in [2.75, 3.05) is 13.7 Å². The van der Waals surface area contributed by atoms with Gasteiger partial charge in [-0.1, -0.05) is 63.8 Å². The smallest absolute Gasteiger partial charge is 0.337 e. The van der Waals surface area contributed by atoms with Crippen LogP contribution in [0.15, 0.2) is 24.3 Å². The van der Waals surface area contributed by atoms with Crippen molar-refractivity contribution in [1.82, 2.24) is 0 Å². The molecule has 1 aliphatic carbocycles. The maximum absolute atomic E-state index is 12.8. The third-order valence-electron chi connectivity index (χ3n) is 6.64. The molecule has 0 saturated heterocycles. The molecule has 1 saturated carbocycles. The Hall–Kier alpha value is -1.95. The molecule has 6 heteroatoms. The molecule has 194 valence electrons. The Morgan fingerprint density at radius 3 is 2.47 bits per heavy atom. The van der Waals surface area contributed by atoms with Gasteiger partial charge in [-0.3, -0.25) is 9.59 Å². The van der Waals surface area contributed by atoms with Crippen LogP contribution in [0, 0.1) is 17.8 Å². The highest BCUT2D eigenvalue weighted by atomic mass is 16.5. The van der Waals surface area contributed by atoms with Gasteiger partial charge in [0, 0.05) is 24.7 Å². The summed E-state index contributed by atoms with van der Waals surface area (Å²) in [6, 6.07) is 0. The number of allylic oxidation sites excluding steroid dienone is 4. The number of carbonyl (C=O) groups excluding carboxylic acids is 3. The van der Waals surface area contributed by atoms with Gasteiger partial charge in [0.25, 0.3) is 0 Å². The van der Waals surface area contributed by atoms with Crippen LogP contribution < -0.4 is 0 Å². The summed E-state index contributed by atoms with van der Waals surface area (Å²) in [5.74, 6) is -0.682. The van der Waals surface area contributed by atoms with Crippen molar-refractivity contribution in [3.05, 3.63) is 24.3 Å². The van der Waals surface area contributed by atoms with Crippen molar-refractivity contribution in [3.63, 3.8) is 0 Å². The molecule has 0 aromatic heterocycles. The van der Waals surface area contributed by atoms with Crippen molar-refractivity contribution in [3.8, 4) is 0 Å². The Kier molecular flexibility index (Phi) is 14.7. The standard InChI is InChI=1S/C28H46O6/c1-5-7-9-10-11-13-16-23-22(21-34-26(30)18-8-6-2)20-25(29)24(23)17-14-12-15-19-28(3,32)27(31)33-4/h12-14,16,22-24,32H,5-11,15,17-21H2,1-4H3/b14-12-,16-13+/t22-,23-,24+,28?/m0/s1. The predicted molar refractivity (Wildman–Crippen MR) is 134 cm³/mol. The number of ether oxygens (including phenoxy) is 2. The molecule has 1 fully saturated rings. The zero-order valence-corrected chi connectivity index (χ0v) is 21.7. The largest absolute Gasteiger partial charge is 0.467 e. The summed E-state index contributed by atoms with van der Waals surface area (Å²) in [6.07, 6.45) is 18.0. The second-order valence-electron chi connectivity index (χ2n) is 9.69. The Balaban J connectivity index is 2.71. The summed E-state index contributed by atoms with van der Waals surface area (Å²) in [6.45, 7) is 5.97. The van der Waals surface area contributed by atoms with E-state index in [4.69, 9.17) is 4.74 Å². The number of Topliss-reactive ketones (excluding diaryl/α,β-unsaturated/α-hetero) is 1. The van der Waals surface area contributed by atoms with Gasteiger partial charge in [0.2, 0.25) is 0 Å². The SMILES string of the molecule is CCCCCC/C=C/[C@H]1[C@H](COC(=O)CCCC)CC(=O)[C@@H]1C/C=C\CCC(C)(O)C(=O)OC. The first-order chi connectivity index (χ1) is 16.3. The lowest BCUT2D eigenvalue weighted by atomic mass is 9.86. The van der Waals surface area contributed by atoms with Crippen molar-refractivity contribution >= 4 is 17.7 Å². The zero-order valence-electron chi connectivity index (χ0n) is 21.7. The van der Waals surface area contributed by atoms with E-state index in [1.807, 2.05) is 19.1 Å². The van der Waals surface area contributed by atoms with Crippen molar-refractivity contribution < 1.29 is 29.0 Å². The molecule has 0 spiro atoms. The number of hydrogen-bond acceptors (Lipinski definition) is 6. The second kappa shape index (κ2) is 16.6. The van der Waals surface area contributed by atoms with Gasteiger partial charge in [-0.15, -0.1) is 0 Å². The first-order valence-electron chi connectivity index (χ1n) is 13.1. The van der Waals surface area contributed by atoms with Gasteiger partial charge in [-0.2, -0.15) is 0 Å². The molecule has 4 atom stereocenters. The number of carbonyl (C=O) groups is 3. The monoisotopic (exact) mass is 478 g/mol. The zero-order chi connectivity index (χ0) is 25.4. The minimum absolute atomic E-state index is 0.0171. The number of unbranched alkanes of at least 4 members (excludes halogenated alkanes) is 5. The quantitative estimate of drug-likeness (QED) is 0.163. The molecule has 0 heterocycles. The highest BCUT2D eigenvalue weighted by Crippen LogP contribution is 2.38. The maximum atomic E-state index is 12.8. The Labute approximate surface area is 206 Å². The lowest BCUT2D eigenvalue weighted by Crippen LogP contribution is -2.35. The molecular formula is C28H46O6. The average Bonchev–Trinajstić information content (AvgIpc) is 3.11. The van der Waals surface area contributed by atoms with Crippen LogP contribution in [0.1, 0.15) is 97.8 Å². The molecule has 0 amide bonds. The van der Waals surface area contributed by atoms with E-state index in [9.17, 15) is 19.5 Å². The molecular weight excluding hydrogens is 432 g/mol. The highest BCUT2D eigenvalue weighted by molar-refractivity contribution is 5.84. The van der Waals surface area contributed by atoms with Crippen LogP contribution in [0.4, 0.5) is 0 Å². The fourth-order valence-corrected chi connectivity index (χ4v) is 4.42. The first kappa shape index (κ1) is 30.1. The molecule has 1 aliphatic rings. The molecule has 0 radical (unpaired) electrons. The molecule has 0 aromatic rings. The van der Waals surface area contributed by atoms with Crippen LogP contribution in [-0.2, 0) is 23.9 Å². The van der Waals surface area contributed by atoms with E-state index in [2.05, 4.69) is 23.8 Å². The number of esters is 2. The summed E-state index contributed by atoms with van der Waals surface area (Å²) < 4.78 is 10.1. The molecule has 34 heavy (non-hydrogen) atoms. The van der Waals surface area contributed by atoms with Crippen molar-refractivity contribution in [2.24, 2.45) is 17.8 Å². The number of hydrogen-bond donors (Lipinski definition) is 1. The van der Waals surface area contributed by atoms with Gasteiger partial charge in [0.15, 0.2) is 5.60 Å². The summed E-state index contributed by atoms with van der Waals surface area (Å²) in [7, 11) is 1.26. The van der Waals surface area contributed by atoms with E-state index in [1.54, 1.807) is 0 Å². The van der Waals surface area contributed by atoms with Gasteiger partial charge in [0.1, 0.15) is 5.78 Å². The summed E-state index contributed by atoms with van der Waals surface area (Å²) in [5.41, 5.74) is -1.52. The van der Waals surface area contributed by atoms with Crippen LogP contribution in [-0.4, -0.2) is 42.1 Å². The summed E-state index contributed by atoms with van der Waals surface area (Å²) >= 11 is 0. The minimum atomic E-state index is -1.52. The topological polar surface area (TPSA) is 89.9 Å². The third kappa shape index (κ3) is 11.0. The van der Waals surface area contributed by atoms with Gasteiger partial charge in [-0.25, -0.2) is 4.79 Å². The molecule has 1 N–H and O–H groups in total. The molecule has 1 unspecified atom stereocenters. The van der Waals surface area contributed by atoms with Crippen LogP contribution >= 0.6 is 0 Å². The second-order valence-corrected chi connectivity index (χ2v) is 9.69. The van der Waals surface area contributed by atoms with Crippen LogP contribution in [0.25, 0.3) is 0 Å². The Morgan fingerprint density at radius 1 is 1.06 bits per heavy atom. The van der Waals surface area contributed by atoms with Crippen molar-refractivity contribution in [2.45, 2.75) is 103 Å². The normalized spacial score (nSPS) is 22.4. The molecule has 6 nitrogen and oxygen atoms in total. The van der Waals surface area contributed by atoms with E-state index in [1.165, 1.54) is 33.3 Å².